The number of thiophene rings is 1. The van der Waals surface area contributed by atoms with Gasteiger partial charge in [0.15, 0.2) is 0 Å². The number of thiazole rings is 1. The maximum absolute atomic E-state index is 5.79. The molecule has 5 heteroatoms. The molecule has 0 saturated carbocycles. The molecule has 0 fully saturated rings. The van der Waals surface area contributed by atoms with Gasteiger partial charge in [0.25, 0.3) is 0 Å². The van der Waals surface area contributed by atoms with E-state index in [1.807, 2.05) is 30.3 Å². The standard InChI is InChI=1S/C13H9BrN2S2/c14-12-5-4-11(18-12)10-7-17-13(16-10)8-2-1-3-9(15)6-8/h1-7H,15H2. The van der Waals surface area contributed by atoms with Crippen LogP contribution in [0.25, 0.3) is 21.1 Å². The molecule has 0 atom stereocenters. The van der Waals surface area contributed by atoms with Crippen molar-refractivity contribution in [1.29, 1.82) is 0 Å². The summed E-state index contributed by atoms with van der Waals surface area (Å²) in [5.74, 6) is 0. The Morgan fingerprint density at radius 2 is 2.06 bits per heavy atom. The molecule has 0 spiro atoms. The first-order valence-corrected chi connectivity index (χ1v) is 7.78. The molecule has 3 aromatic rings. The van der Waals surface area contributed by atoms with Crippen LogP contribution in [0.15, 0.2) is 45.6 Å². The monoisotopic (exact) mass is 336 g/mol. The summed E-state index contributed by atoms with van der Waals surface area (Å²) in [5, 5.41) is 3.08. The van der Waals surface area contributed by atoms with Gasteiger partial charge in [0.05, 0.1) is 14.4 Å². The SMILES string of the molecule is Nc1cccc(-c2nc(-c3ccc(Br)s3)cs2)c1. The molecule has 0 saturated heterocycles. The van der Waals surface area contributed by atoms with Crippen LogP contribution < -0.4 is 5.73 Å². The lowest BCUT2D eigenvalue weighted by atomic mass is 10.2. The van der Waals surface area contributed by atoms with E-state index in [9.17, 15) is 0 Å². The Morgan fingerprint density at radius 3 is 2.78 bits per heavy atom. The second kappa shape index (κ2) is 4.84. The lowest BCUT2D eigenvalue weighted by Gasteiger charge is -1.97. The van der Waals surface area contributed by atoms with Gasteiger partial charge in [0, 0.05) is 16.6 Å². The zero-order chi connectivity index (χ0) is 12.5. The Bertz CT molecular complexity index is 688. The minimum absolute atomic E-state index is 0.767. The molecule has 3 rings (SSSR count). The van der Waals surface area contributed by atoms with Crippen LogP contribution in [0.5, 0.6) is 0 Å². The van der Waals surface area contributed by atoms with Gasteiger partial charge in [0.2, 0.25) is 0 Å². The number of anilines is 1. The number of rotatable bonds is 2. The largest absolute Gasteiger partial charge is 0.399 e. The van der Waals surface area contributed by atoms with Gasteiger partial charge in [-0.15, -0.1) is 22.7 Å². The molecule has 18 heavy (non-hydrogen) atoms. The predicted octanol–water partition coefficient (Wildman–Crippen LogP) is 4.88. The van der Waals surface area contributed by atoms with Crippen LogP contribution in [0.4, 0.5) is 5.69 Å². The van der Waals surface area contributed by atoms with Gasteiger partial charge in [-0.3, -0.25) is 0 Å². The van der Waals surface area contributed by atoms with Crippen molar-refractivity contribution in [2.24, 2.45) is 0 Å². The maximum atomic E-state index is 5.79. The Labute approximate surface area is 121 Å². The van der Waals surface area contributed by atoms with E-state index in [4.69, 9.17) is 5.73 Å². The van der Waals surface area contributed by atoms with Crippen LogP contribution in [-0.4, -0.2) is 4.98 Å². The summed E-state index contributed by atoms with van der Waals surface area (Å²) < 4.78 is 1.12. The molecule has 0 aliphatic heterocycles. The van der Waals surface area contributed by atoms with E-state index >= 15 is 0 Å². The third kappa shape index (κ3) is 2.34. The van der Waals surface area contributed by atoms with Crippen LogP contribution in [0.1, 0.15) is 0 Å². The minimum Gasteiger partial charge on any atom is -0.399 e. The highest BCUT2D eigenvalue weighted by Gasteiger charge is 2.08. The number of aromatic nitrogens is 1. The molecule has 0 bridgehead atoms. The second-order valence-electron chi connectivity index (χ2n) is 3.77. The summed E-state index contributed by atoms with van der Waals surface area (Å²) in [7, 11) is 0. The molecule has 2 aromatic heterocycles. The first-order valence-electron chi connectivity index (χ1n) is 5.29. The molecule has 2 nitrogen and oxygen atoms in total. The van der Waals surface area contributed by atoms with Crippen molar-refractivity contribution in [3.63, 3.8) is 0 Å². The Hall–Kier alpha value is -1.17. The van der Waals surface area contributed by atoms with Crippen molar-refractivity contribution >= 4 is 44.3 Å². The van der Waals surface area contributed by atoms with Crippen molar-refractivity contribution in [1.82, 2.24) is 4.98 Å². The van der Waals surface area contributed by atoms with E-state index in [1.165, 1.54) is 4.88 Å². The smallest absolute Gasteiger partial charge is 0.124 e. The molecule has 1 aromatic carbocycles. The molecule has 0 aliphatic carbocycles. The van der Waals surface area contributed by atoms with Crippen molar-refractivity contribution in [3.8, 4) is 21.1 Å². The van der Waals surface area contributed by atoms with E-state index < -0.39 is 0 Å². The molecule has 0 unspecified atom stereocenters. The first-order chi connectivity index (χ1) is 8.72. The van der Waals surface area contributed by atoms with Crippen LogP contribution in [0, 0.1) is 0 Å². The van der Waals surface area contributed by atoms with Gasteiger partial charge in [-0.2, -0.15) is 0 Å². The Kier molecular flexibility index (Phi) is 3.20. The van der Waals surface area contributed by atoms with Gasteiger partial charge >= 0.3 is 0 Å². The summed E-state index contributed by atoms with van der Waals surface area (Å²) in [5.41, 5.74) is 8.65. The molecular weight excluding hydrogens is 328 g/mol. The van der Waals surface area contributed by atoms with E-state index in [2.05, 4.69) is 32.4 Å². The molecule has 0 amide bonds. The minimum atomic E-state index is 0.767. The van der Waals surface area contributed by atoms with Gasteiger partial charge in [-0.1, -0.05) is 12.1 Å². The second-order valence-corrected chi connectivity index (χ2v) is 7.09. The summed E-state index contributed by atoms with van der Waals surface area (Å²) >= 11 is 6.80. The Morgan fingerprint density at radius 1 is 1.17 bits per heavy atom. The fourth-order valence-electron chi connectivity index (χ4n) is 1.64. The average molecular weight is 337 g/mol. The number of hydrogen-bond acceptors (Lipinski definition) is 4. The number of benzene rings is 1. The van der Waals surface area contributed by atoms with E-state index in [1.54, 1.807) is 22.7 Å². The van der Waals surface area contributed by atoms with Gasteiger partial charge in [-0.25, -0.2) is 4.98 Å². The van der Waals surface area contributed by atoms with Crippen molar-refractivity contribution in [3.05, 3.63) is 45.6 Å². The van der Waals surface area contributed by atoms with E-state index in [0.717, 1.165) is 25.7 Å². The fourth-order valence-corrected chi connectivity index (χ4v) is 3.88. The molecule has 0 aliphatic rings. The molecular formula is C13H9BrN2S2. The summed E-state index contributed by atoms with van der Waals surface area (Å²) in [6.45, 7) is 0. The Balaban J connectivity index is 1.99. The molecule has 0 radical (unpaired) electrons. The normalized spacial score (nSPS) is 10.7. The van der Waals surface area contributed by atoms with Crippen LogP contribution in [0.2, 0.25) is 0 Å². The van der Waals surface area contributed by atoms with Crippen LogP contribution >= 0.6 is 38.6 Å². The first kappa shape index (κ1) is 11.9. The van der Waals surface area contributed by atoms with Crippen molar-refractivity contribution in [2.75, 3.05) is 5.73 Å². The topological polar surface area (TPSA) is 38.9 Å². The van der Waals surface area contributed by atoms with Crippen molar-refractivity contribution in [2.45, 2.75) is 0 Å². The highest BCUT2D eigenvalue weighted by Crippen LogP contribution is 2.34. The van der Waals surface area contributed by atoms with E-state index in [-0.39, 0.29) is 0 Å². The zero-order valence-corrected chi connectivity index (χ0v) is 12.5. The van der Waals surface area contributed by atoms with Gasteiger partial charge in [-0.05, 0) is 40.2 Å². The lowest BCUT2D eigenvalue weighted by Crippen LogP contribution is -1.84. The fraction of sp³-hybridized carbons (Fsp3) is 0. The molecule has 2 N–H and O–H groups in total. The zero-order valence-electron chi connectivity index (χ0n) is 9.26. The third-order valence-electron chi connectivity index (χ3n) is 2.46. The summed E-state index contributed by atoms with van der Waals surface area (Å²) in [4.78, 5) is 5.83. The highest BCUT2D eigenvalue weighted by molar-refractivity contribution is 9.11. The molecule has 2 heterocycles. The van der Waals surface area contributed by atoms with Crippen molar-refractivity contribution < 1.29 is 0 Å². The highest BCUT2D eigenvalue weighted by atomic mass is 79.9. The number of nitrogen functional groups attached to an aromatic ring is 1. The number of halogens is 1. The molecule has 90 valence electrons. The third-order valence-corrected chi connectivity index (χ3v) is 5.00. The van der Waals surface area contributed by atoms with Gasteiger partial charge in [0.1, 0.15) is 5.01 Å². The lowest BCUT2D eigenvalue weighted by molar-refractivity contribution is 1.42. The number of nitrogens with zero attached hydrogens (tertiary/aromatic N) is 1. The summed E-state index contributed by atoms with van der Waals surface area (Å²) in [6, 6.07) is 11.9. The van der Waals surface area contributed by atoms with Crippen LogP contribution in [0.3, 0.4) is 0 Å². The van der Waals surface area contributed by atoms with Gasteiger partial charge < -0.3 is 5.73 Å². The summed E-state index contributed by atoms with van der Waals surface area (Å²) in [6.07, 6.45) is 0. The predicted molar refractivity (Wildman–Crippen MR) is 83.0 cm³/mol. The van der Waals surface area contributed by atoms with Crippen LogP contribution in [-0.2, 0) is 0 Å². The average Bonchev–Trinajstić information content (AvgIpc) is 2.97. The number of hydrogen-bond donors (Lipinski definition) is 1. The quantitative estimate of drug-likeness (QED) is 0.677. The van der Waals surface area contributed by atoms with E-state index in [0.29, 0.717) is 0 Å². The number of nitrogens with two attached hydrogens (primary N) is 1. The maximum Gasteiger partial charge on any atom is 0.124 e.